The van der Waals surface area contributed by atoms with Crippen LogP contribution in [0.2, 0.25) is 0 Å². The van der Waals surface area contributed by atoms with Crippen LogP contribution in [-0.4, -0.2) is 20.9 Å². The Balaban J connectivity index is 1.31. The Labute approximate surface area is 192 Å². The van der Waals surface area contributed by atoms with Gasteiger partial charge in [-0.15, -0.1) is 0 Å². The molecule has 33 heavy (non-hydrogen) atoms. The Morgan fingerprint density at radius 3 is 2.73 bits per heavy atom. The van der Waals surface area contributed by atoms with Crippen LogP contribution in [0.15, 0.2) is 81.2 Å². The van der Waals surface area contributed by atoms with Crippen molar-refractivity contribution in [3.8, 4) is 0 Å². The van der Waals surface area contributed by atoms with Gasteiger partial charge in [-0.1, -0.05) is 54.2 Å². The maximum absolute atomic E-state index is 12.8. The Morgan fingerprint density at radius 2 is 1.85 bits per heavy atom. The van der Waals surface area contributed by atoms with Gasteiger partial charge in [-0.25, -0.2) is 14.8 Å². The largest absolute Gasteiger partial charge is 0.454 e. The molecule has 7 nitrogen and oxygen atoms in total. The molecule has 0 bridgehead atoms. The van der Waals surface area contributed by atoms with E-state index in [-0.39, 0.29) is 12.2 Å². The lowest BCUT2D eigenvalue weighted by molar-refractivity contribution is 0.0461. The third kappa shape index (κ3) is 4.38. The molecule has 0 amide bonds. The van der Waals surface area contributed by atoms with Crippen molar-refractivity contribution in [1.82, 2.24) is 15.0 Å². The Kier molecular flexibility index (Phi) is 5.66. The number of H-pyrrole nitrogens is 1. The first kappa shape index (κ1) is 21.0. The third-order valence-electron chi connectivity index (χ3n) is 5.19. The van der Waals surface area contributed by atoms with Gasteiger partial charge in [0.2, 0.25) is 0 Å². The standard InChI is InChI=1S/C25H19N3O4S/c1-15-7-6-10-18-22(15)27-21(28-23(18)29)13-31-24(30)17-9-3-2-8-16(17)14-33-25-26-19-11-4-5-12-20(19)32-25/h2-12H,13-14H2,1H3,(H,27,28,29). The van der Waals surface area contributed by atoms with Gasteiger partial charge in [-0.3, -0.25) is 4.79 Å². The lowest BCUT2D eigenvalue weighted by Crippen LogP contribution is -2.15. The molecule has 0 saturated carbocycles. The van der Waals surface area contributed by atoms with Gasteiger partial charge in [0.15, 0.2) is 5.58 Å². The molecule has 0 saturated heterocycles. The number of benzene rings is 3. The highest BCUT2D eigenvalue weighted by Crippen LogP contribution is 2.27. The summed E-state index contributed by atoms with van der Waals surface area (Å²) in [5.74, 6) is 0.298. The monoisotopic (exact) mass is 457 g/mol. The number of fused-ring (bicyclic) bond motifs is 2. The number of nitrogens with zero attached hydrogens (tertiary/aromatic N) is 2. The fraction of sp³-hybridized carbons (Fsp3) is 0.120. The number of nitrogens with one attached hydrogen (secondary N) is 1. The Hall–Kier alpha value is -3.91. The van der Waals surface area contributed by atoms with Crippen molar-refractivity contribution < 1.29 is 13.9 Å². The number of para-hydroxylation sites is 3. The third-order valence-corrected chi connectivity index (χ3v) is 6.07. The van der Waals surface area contributed by atoms with Gasteiger partial charge in [0.05, 0.1) is 16.5 Å². The second kappa shape index (κ2) is 8.91. The second-order valence-electron chi connectivity index (χ2n) is 7.45. The normalized spacial score (nSPS) is 11.2. The number of hydrogen-bond donors (Lipinski definition) is 1. The molecule has 0 unspecified atom stereocenters. The summed E-state index contributed by atoms with van der Waals surface area (Å²) in [5.41, 5.74) is 3.98. The van der Waals surface area contributed by atoms with Crippen molar-refractivity contribution >= 4 is 39.7 Å². The maximum atomic E-state index is 12.8. The van der Waals surface area contributed by atoms with Crippen molar-refractivity contribution in [2.45, 2.75) is 24.5 Å². The van der Waals surface area contributed by atoms with Crippen LogP contribution in [-0.2, 0) is 17.1 Å². The number of aryl methyl sites for hydroxylation is 1. The minimum Gasteiger partial charge on any atom is -0.454 e. The molecule has 0 aliphatic carbocycles. The molecule has 2 heterocycles. The van der Waals surface area contributed by atoms with Gasteiger partial charge in [-0.2, -0.15) is 0 Å². The highest BCUT2D eigenvalue weighted by Gasteiger charge is 2.15. The number of thioether (sulfide) groups is 1. The first-order chi connectivity index (χ1) is 16.1. The van der Waals surface area contributed by atoms with E-state index >= 15 is 0 Å². The van der Waals surface area contributed by atoms with E-state index in [0.717, 1.165) is 22.2 Å². The SMILES string of the molecule is Cc1cccc2c(=O)[nH]c(COC(=O)c3ccccc3CSc3nc4ccccc4o3)nc12. The summed E-state index contributed by atoms with van der Waals surface area (Å²) in [4.78, 5) is 36.8. The number of rotatable bonds is 6. The molecular formula is C25H19N3O4S. The van der Waals surface area contributed by atoms with E-state index in [4.69, 9.17) is 9.15 Å². The zero-order valence-electron chi connectivity index (χ0n) is 17.7. The molecule has 164 valence electrons. The molecule has 0 aliphatic rings. The molecule has 0 radical (unpaired) electrons. The van der Waals surface area contributed by atoms with Crippen LogP contribution in [0, 0.1) is 6.92 Å². The Bertz CT molecular complexity index is 1510. The molecule has 5 aromatic rings. The van der Waals surface area contributed by atoms with Gasteiger partial charge in [0, 0.05) is 5.75 Å². The van der Waals surface area contributed by atoms with Crippen LogP contribution < -0.4 is 5.56 Å². The van der Waals surface area contributed by atoms with E-state index in [1.165, 1.54) is 11.8 Å². The number of carbonyl (C=O) groups excluding carboxylic acids is 1. The summed E-state index contributed by atoms with van der Waals surface area (Å²) in [6.07, 6.45) is 0. The van der Waals surface area contributed by atoms with Crippen LogP contribution in [0.4, 0.5) is 0 Å². The van der Waals surface area contributed by atoms with Crippen molar-refractivity contribution in [3.05, 3.63) is 99.6 Å². The second-order valence-corrected chi connectivity index (χ2v) is 8.38. The smallest absolute Gasteiger partial charge is 0.338 e. The number of carbonyl (C=O) groups is 1. The zero-order chi connectivity index (χ0) is 22.8. The van der Waals surface area contributed by atoms with E-state index < -0.39 is 5.97 Å². The van der Waals surface area contributed by atoms with Gasteiger partial charge < -0.3 is 14.1 Å². The van der Waals surface area contributed by atoms with E-state index in [9.17, 15) is 9.59 Å². The minimum absolute atomic E-state index is 0.134. The van der Waals surface area contributed by atoms with Crippen molar-refractivity contribution in [3.63, 3.8) is 0 Å². The van der Waals surface area contributed by atoms with Crippen LogP contribution in [0.1, 0.15) is 27.3 Å². The summed E-state index contributed by atoms with van der Waals surface area (Å²) < 4.78 is 11.2. The Morgan fingerprint density at radius 1 is 1.03 bits per heavy atom. The van der Waals surface area contributed by atoms with Gasteiger partial charge in [-0.05, 0) is 42.3 Å². The molecule has 0 atom stereocenters. The summed E-state index contributed by atoms with van der Waals surface area (Å²) >= 11 is 1.40. The summed E-state index contributed by atoms with van der Waals surface area (Å²) in [6, 6.07) is 20.2. The van der Waals surface area contributed by atoms with Gasteiger partial charge in [0.1, 0.15) is 17.9 Å². The number of oxazole rings is 1. The fourth-order valence-corrected chi connectivity index (χ4v) is 4.37. The molecule has 5 rings (SSSR count). The highest BCUT2D eigenvalue weighted by molar-refractivity contribution is 7.98. The summed E-state index contributed by atoms with van der Waals surface area (Å²) in [7, 11) is 0. The fourth-order valence-electron chi connectivity index (χ4n) is 3.53. The average Bonchev–Trinajstić information content (AvgIpc) is 3.25. The van der Waals surface area contributed by atoms with E-state index in [1.807, 2.05) is 55.5 Å². The molecule has 8 heteroatoms. The molecular weight excluding hydrogens is 438 g/mol. The topological polar surface area (TPSA) is 98.1 Å². The molecule has 0 aliphatic heterocycles. The number of ether oxygens (including phenoxy) is 1. The van der Waals surface area contributed by atoms with E-state index in [1.54, 1.807) is 18.2 Å². The summed E-state index contributed by atoms with van der Waals surface area (Å²) in [6.45, 7) is 1.75. The highest BCUT2D eigenvalue weighted by atomic mass is 32.2. The van der Waals surface area contributed by atoms with Crippen molar-refractivity contribution in [2.75, 3.05) is 0 Å². The van der Waals surface area contributed by atoms with Crippen LogP contribution in [0.25, 0.3) is 22.0 Å². The predicted molar refractivity (Wildman–Crippen MR) is 126 cm³/mol. The lowest BCUT2D eigenvalue weighted by atomic mass is 10.1. The van der Waals surface area contributed by atoms with Crippen LogP contribution in [0.5, 0.6) is 0 Å². The van der Waals surface area contributed by atoms with Crippen LogP contribution in [0.3, 0.4) is 0 Å². The quantitative estimate of drug-likeness (QED) is 0.282. The first-order valence-corrected chi connectivity index (χ1v) is 11.3. The average molecular weight is 458 g/mol. The number of aromatic nitrogens is 3. The van der Waals surface area contributed by atoms with E-state index in [2.05, 4.69) is 15.0 Å². The van der Waals surface area contributed by atoms with Crippen LogP contribution >= 0.6 is 11.8 Å². The first-order valence-electron chi connectivity index (χ1n) is 10.3. The molecule has 0 spiro atoms. The lowest BCUT2D eigenvalue weighted by Gasteiger charge is -2.09. The number of aromatic amines is 1. The van der Waals surface area contributed by atoms with Gasteiger partial charge >= 0.3 is 5.97 Å². The zero-order valence-corrected chi connectivity index (χ0v) is 18.5. The van der Waals surface area contributed by atoms with Crippen molar-refractivity contribution in [1.29, 1.82) is 0 Å². The number of esters is 1. The number of hydrogen-bond acceptors (Lipinski definition) is 7. The van der Waals surface area contributed by atoms with E-state index in [0.29, 0.717) is 33.3 Å². The molecule has 1 N–H and O–H groups in total. The maximum Gasteiger partial charge on any atom is 0.338 e. The minimum atomic E-state index is -0.490. The predicted octanol–water partition coefficient (Wildman–Crippen LogP) is 5.02. The van der Waals surface area contributed by atoms with Gasteiger partial charge in [0.25, 0.3) is 10.8 Å². The van der Waals surface area contributed by atoms with Crippen molar-refractivity contribution in [2.24, 2.45) is 0 Å². The molecule has 3 aromatic carbocycles. The summed E-state index contributed by atoms with van der Waals surface area (Å²) in [5, 5.41) is 1.04. The molecule has 0 fully saturated rings. The molecule has 2 aromatic heterocycles.